The summed E-state index contributed by atoms with van der Waals surface area (Å²) in [7, 11) is -0.729. The maximum Gasteiger partial charge on any atom is 0.169 e. The van der Waals surface area contributed by atoms with Crippen molar-refractivity contribution in [2.45, 2.75) is 26.7 Å². The van der Waals surface area contributed by atoms with Crippen LogP contribution in [0.2, 0.25) is 0 Å². The Bertz CT molecular complexity index is 528. The normalized spacial score (nSPS) is 16.4. The molecule has 0 unspecified atom stereocenters. The summed E-state index contributed by atoms with van der Waals surface area (Å²) in [5.41, 5.74) is 2.55. The first-order chi connectivity index (χ1) is 9.21. The topological polar surface area (TPSA) is 69.9 Å². The van der Waals surface area contributed by atoms with E-state index in [1.807, 2.05) is 18.7 Å². The molecule has 0 N–H and O–H groups in total. The SMILES string of the molecule is CCc1nnc(N2CCS(=O)CC2)c(C#N)c1CC. The minimum Gasteiger partial charge on any atom is -0.352 e. The van der Waals surface area contributed by atoms with Gasteiger partial charge in [0.2, 0.25) is 0 Å². The molecule has 6 heteroatoms. The largest absolute Gasteiger partial charge is 0.352 e. The first-order valence-electron chi connectivity index (χ1n) is 6.59. The molecule has 0 saturated carbocycles. The predicted molar refractivity (Wildman–Crippen MR) is 75.6 cm³/mol. The second-order valence-corrected chi connectivity index (χ2v) is 6.17. The fraction of sp³-hybridized carbons (Fsp3) is 0.615. The van der Waals surface area contributed by atoms with E-state index in [0.29, 0.717) is 36.0 Å². The second-order valence-electron chi connectivity index (χ2n) is 4.48. The van der Waals surface area contributed by atoms with E-state index in [1.54, 1.807) is 0 Å². The van der Waals surface area contributed by atoms with E-state index in [0.717, 1.165) is 24.1 Å². The lowest BCUT2D eigenvalue weighted by atomic mass is 10.0. The van der Waals surface area contributed by atoms with Crippen molar-refractivity contribution in [3.8, 4) is 6.07 Å². The number of aromatic nitrogens is 2. The van der Waals surface area contributed by atoms with Crippen molar-refractivity contribution in [3.63, 3.8) is 0 Å². The standard InChI is InChI=1S/C13H18N4OS/c1-3-10-11(9-14)13(16-15-12(10)4-2)17-5-7-19(18)8-6-17/h3-8H2,1-2H3. The van der Waals surface area contributed by atoms with Crippen LogP contribution in [-0.4, -0.2) is 39.0 Å². The number of aryl methyl sites for hydroxylation is 1. The molecule has 0 aromatic carbocycles. The highest BCUT2D eigenvalue weighted by atomic mass is 32.2. The highest BCUT2D eigenvalue weighted by Gasteiger charge is 2.22. The van der Waals surface area contributed by atoms with Crippen LogP contribution in [0.5, 0.6) is 0 Å². The Morgan fingerprint density at radius 2 is 1.95 bits per heavy atom. The molecule has 5 nitrogen and oxygen atoms in total. The first-order valence-corrected chi connectivity index (χ1v) is 8.08. The molecule has 0 spiro atoms. The van der Waals surface area contributed by atoms with Gasteiger partial charge >= 0.3 is 0 Å². The molecule has 2 heterocycles. The molecule has 1 saturated heterocycles. The fourth-order valence-electron chi connectivity index (χ4n) is 2.35. The van der Waals surface area contributed by atoms with Crippen molar-refractivity contribution in [1.29, 1.82) is 5.26 Å². The Balaban J connectivity index is 2.41. The minimum absolute atomic E-state index is 0.641. The summed E-state index contributed by atoms with van der Waals surface area (Å²) < 4.78 is 11.4. The fourth-order valence-corrected chi connectivity index (χ4v) is 3.40. The number of rotatable bonds is 3. The Labute approximate surface area is 116 Å². The minimum atomic E-state index is -0.729. The van der Waals surface area contributed by atoms with E-state index in [1.165, 1.54) is 0 Å². The second kappa shape index (κ2) is 6.11. The molecule has 1 aromatic rings. The smallest absolute Gasteiger partial charge is 0.169 e. The van der Waals surface area contributed by atoms with Gasteiger partial charge < -0.3 is 4.90 Å². The summed E-state index contributed by atoms with van der Waals surface area (Å²) in [5, 5.41) is 17.9. The third-order valence-electron chi connectivity index (χ3n) is 3.42. The van der Waals surface area contributed by atoms with Crippen LogP contribution in [0.3, 0.4) is 0 Å². The predicted octanol–water partition coefficient (Wildman–Crippen LogP) is 1.04. The van der Waals surface area contributed by atoms with Gasteiger partial charge in [-0.2, -0.15) is 10.4 Å². The lowest BCUT2D eigenvalue weighted by Gasteiger charge is -2.28. The Morgan fingerprint density at radius 1 is 1.26 bits per heavy atom. The zero-order valence-electron chi connectivity index (χ0n) is 11.3. The summed E-state index contributed by atoms with van der Waals surface area (Å²) in [6.07, 6.45) is 1.57. The van der Waals surface area contributed by atoms with Gasteiger partial charge in [-0.15, -0.1) is 5.10 Å². The number of anilines is 1. The van der Waals surface area contributed by atoms with Crippen LogP contribution >= 0.6 is 0 Å². The van der Waals surface area contributed by atoms with Crippen molar-refractivity contribution < 1.29 is 4.21 Å². The molecule has 1 fully saturated rings. The molecule has 0 radical (unpaired) electrons. The third-order valence-corrected chi connectivity index (χ3v) is 4.69. The highest BCUT2D eigenvalue weighted by Crippen LogP contribution is 2.24. The van der Waals surface area contributed by atoms with Crippen LogP contribution in [0.1, 0.15) is 30.7 Å². The lowest BCUT2D eigenvalue weighted by molar-refractivity contribution is 0.671. The number of nitriles is 1. The third kappa shape index (κ3) is 2.76. The van der Waals surface area contributed by atoms with E-state index in [9.17, 15) is 9.47 Å². The van der Waals surface area contributed by atoms with Gasteiger partial charge in [0, 0.05) is 35.4 Å². The van der Waals surface area contributed by atoms with Gasteiger partial charge in [-0.25, -0.2) is 0 Å². The molecule has 1 aliphatic rings. The molecule has 0 amide bonds. The average Bonchev–Trinajstić information content (AvgIpc) is 2.46. The Kier molecular flexibility index (Phi) is 4.48. The van der Waals surface area contributed by atoms with E-state index in [-0.39, 0.29) is 0 Å². The molecular formula is C13H18N4OS. The van der Waals surface area contributed by atoms with Crippen LogP contribution in [0.25, 0.3) is 0 Å². The van der Waals surface area contributed by atoms with Crippen molar-refractivity contribution in [3.05, 3.63) is 16.8 Å². The van der Waals surface area contributed by atoms with Crippen molar-refractivity contribution >= 4 is 16.6 Å². The van der Waals surface area contributed by atoms with Crippen LogP contribution in [0, 0.1) is 11.3 Å². The summed E-state index contributed by atoms with van der Waals surface area (Å²) in [5.74, 6) is 1.95. The van der Waals surface area contributed by atoms with Crippen LogP contribution in [-0.2, 0) is 23.6 Å². The van der Waals surface area contributed by atoms with E-state index < -0.39 is 10.8 Å². The van der Waals surface area contributed by atoms with E-state index >= 15 is 0 Å². The molecule has 0 bridgehead atoms. The van der Waals surface area contributed by atoms with Gasteiger partial charge in [0.1, 0.15) is 11.6 Å². The van der Waals surface area contributed by atoms with Crippen LogP contribution in [0.4, 0.5) is 5.82 Å². The summed E-state index contributed by atoms with van der Waals surface area (Å²) in [4.78, 5) is 2.03. The molecule has 1 aromatic heterocycles. The maximum atomic E-state index is 11.4. The lowest BCUT2D eigenvalue weighted by Crippen LogP contribution is -2.39. The number of nitrogens with zero attached hydrogens (tertiary/aromatic N) is 4. The van der Waals surface area contributed by atoms with Crippen molar-refractivity contribution in [1.82, 2.24) is 10.2 Å². The highest BCUT2D eigenvalue weighted by molar-refractivity contribution is 7.85. The van der Waals surface area contributed by atoms with Gasteiger partial charge in [-0.05, 0) is 18.4 Å². The Morgan fingerprint density at radius 3 is 2.47 bits per heavy atom. The van der Waals surface area contributed by atoms with Crippen molar-refractivity contribution in [2.24, 2.45) is 0 Å². The van der Waals surface area contributed by atoms with E-state index in [2.05, 4.69) is 16.3 Å². The molecule has 1 aliphatic heterocycles. The average molecular weight is 278 g/mol. The van der Waals surface area contributed by atoms with Gasteiger partial charge in [0.15, 0.2) is 5.82 Å². The van der Waals surface area contributed by atoms with Gasteiger partial charge in [-0.3, -0.25) is 4.21 Å². The molecule has 0 atom stereocenters. The monoisotopic (exact) mass is 278 g/mol. The van der Waals surface area contributed by atoms with Crippen molar-refractivity contribution in [2.75, 3.05) is 29.5 Å². The van der Waals surface area contributed by atoms with Crippen LogP contribution in [0.15, 0.2) is 0 Å². The molecule has 0 aliphatic carbocycles. The van der Waals surface area contributed by atoms with Gasteiger partial charge in [0.05, 0.1) is 5.69 Å². The van der Waals surface area contributed by atoms with Gasteiger partial charge in [0.25, 0.3) is 0 Å². The number of hydrogen-bond donors (Lipinski definition) is 0. The molecular weight excluding hydrogens is 260 g/mol. The maximum absolute atomic E-state index is 11.4. The van der Waals surface area contributed by atoms with E-state index in [4.69, 9.17) is 0 Å². The quantitative estimate of drug-likeness (QED) is 0.826. The summed E-state index contributed by atoms with van der Waals surface area (Å²) in [6.45, 7) is 5.43. The molecule has 2 rings (SSSR count). The molecule has 19 heavy (non-hydrogen) atoms. The summed E-state index contributed by atoms with van der Waals surface area (Å²) >= 11 is 0. The Hall–Kier alpha value is -1.48. The zero-order valence-corrected chi connectivity index (χ0v) is 12.2. The van der Waals surface area contributed by atoms with Gasteiger partial charge in [-0.1, -0.05) is 13.8 Å². The molecule has 102 valence electrons. The zero-order chi connectivity index (χ0) is 13.8. The van der Waals surface area contributed by atoms with Crippen LogP contribution < -0.4 is 4.90 Å². The summed E-state index contributed by atoms with van der Waals surface area (Å²) in [6, 6.07) is 2.28. The number of hydrogen-bond acceptors (Lipinski definition) is 5. The first kappa shape index (κ1) is 13.9.